The predicted octanol–water partition coefficient (Wildman–Crippen LogP) is 9.01. The molecule has 0 bridgehead atoms. The van der Waals surface area contributed by atoms with Gasteiger partial charge in [0, 0.05) is 65.3 Å². The Hall–Kier alpha value is -4.39. The van der Waals surface area contributed by atoms with E-state index in [1.165, 1.54) is 0 Å². The monoisotopic (exact) mass is 804 g/mol. The quantitative estimate of drug-likeness (QED) is 0.0832. The van der Waals surface area contributed by atoms with Gasteiger partial charge in [0.2, 0.25) is 24.0 Å². The Kier molecular flexibility index (Phi) is 12.7. The number of hydrogen-bond donors (Lipinski definition) is 1. The summed E-state index contributed by atoms with van der Waals surface area (Å²) < 4.78 is 44.0. The van der Waals surface area contributed by atoms with Gasteiger partial charge in [0.05, 0.1) is 15.8 Å². The summed E-state index contributed by atoms with van der Waals surface area (Å²) in [6, 6.07) is 29.4. The lowest BCUT2D eigenvalue weighted by Gasteiger charge is -2.28. The molecule has 1 N–H and O–H groups in total. The predicted molar refractivity (Wildman–Crippen MR) is 219 cm³/mol. The number of nitrogens with one attached hydrogen (secondary N) is 1. The first kappa shape index (κ1) is 39.3. The van der Waals surface area contributed by atoms with Crippen LogP contribution < -0.4 is 24.4 Å². The number of allylic oxidation sites excluding steroid dienone is 2. The second-order valence-corrected chi connectivity index (χ2v) is 16.7. The molecule has 0 atom stereocenters. The third-order valence-electron chi connectivity index (χ3n) is 9.13. The van der Waals surface area contributed by atoms with Crippen molar-refractivity contribution in [3.63, 3.8) is 0 Å². The maximum absolute atomic E-state index is 13.3. The highest BCUT2D eigenvalue weighted by Gasteiger charge is 2.28. The number of carbonyl (C=O) groups excluding carboxylic acids is 1. The molecule has 0 spiro atoms. The molecule has 1 aromatic heterocycles. The SMILES string of the molecule is CCC(/C=C1\Oc2ccc(-c3ccccc3)cc2N1CCCS(=O)(=O)[O-])=C\c1sc2ccc(Cl)cc2[n+]1CNC(=O)CCN(c1ccc(Cl)cc1)C(C)C. The zero-order chi connectivity index (χ0) is 38.4. The molecule has 0 radical (unpaired) electrons. The van der Waals surface area contributed by atoms with Crippen LogP contribution in [0.3, 0.4) is 0 Å². The van der Waals surface area contributed by atoms with Crippen LogP contribution in [0.1, 0.15) is 45.0 Å². The lowest BCUT2D eigenvalue weighted by molar-refractivity contribution is -0.672. The first-order chi connectivity index (χ1) is 25.9. The maximum atomic E-state index is 13.3. The Balaban J connectivity index is 1.27. The molecule has 54 heavy (non-hydrogen) atoms. The molecule has 5 aromatic rings. The number of carbonyl (C=O) groups is 1. The number of anilines is 2. The Morgan fingerprint density at radius 1 is 1.00 bits per heavy atom. The van der Waals surface area contributed by atoms with Crippen molar-refractivity contribution in [3.8, 4) is 16.9 Å². The van der Waals surface area contributed by atoms with E-state index < -0.39 is 15.9 Å². The van der Waals surface area contributed by atoms with E-state index in [0.29, 0.717) is 41.1 Å². The van der Waals surface area contributed by atoms with E-state index in [1.807, 2.05) is 113 Å². The summed E-state index contributed by atoms with van der Waals surface area (Å²) in [6.45, 7) is 7.28. The van der Waals surface area contributed by atoms with Gasteiger partial charge in [-0.05, 0) is 91.9 Å². The summed E-state index contributed by atoms with van der Waals surface area (Å²) in [6.07, 6.45) is 5.11. The topological polar surface area (TPSA) is 106 Å². The minimum Gasteiger partial charge on any atom is -0.748 e. The summed E-state index contributed by atoms with van der Waals surface area (Å²) in [5.41, 5.74) is 5.66. The van der Waals surface area contributed by atoms with Crippen molar-refractivity contribution in [2.45, 2.75) is 52.7 Å². The molecule has 0 saturated heterocycles. The molecule has 4 aromatic carbocycles. The van der Waals surface area contributed by atoms with Crippen LogP contribution in [-0.2, 0) is 21.6 Å². The summed E-state index contributed by atoms with van der Waals surface area (Å²) in [4.78, 5) is 17.4. The molecule has 282 valence electrons. The highest BCUT2D eigenvalue weighted by atomic mass is 35.5. The van der Waals surface area contributed by atoms with Crippen LogP contribution in [0, 0.1) is 0 Å². The first-order valence-electron chi connectivity index (χ1n) is 17.8. The van der Waals surface area contributed by atoms with Crippen molar-refractivity contribution >= 4 is 78.2 Å². The summed E-state index contributed by atoms with van der Waals surface area (Å²) >= 11 is 14.1. The summed E-state index contributed by atoms with van der Waals surface area (Å²) in [5.74, 6) is 0.612. The zero-order valence-electron chi connectivity index (χ0n) is 30.3. The minimum absolute atomic E-state index is 0.0843. The molecule has 6 rings (SSSR count). The lowest BCUT2D eigenvalue weighted by Crippen LogP contribution is -2.45. The van der Waals surface area contributed by atoms with Crippen molar-refractivity contribution in [2.24, 2.45) is 0 Å². The van der Waals surface area contributed by atoms with Gasteiger partial charge in [0.25, 0.3) is 5.01 Å². The average molecular weight is 806 g/mol. The van der Waals surface area contributed by atoms with Crippen LogP contribution in [0.5, 0.6) is 5.75 Å². The first-order valence-corrected chi connectivity index (χ1v) is 20.9. The molecule has 0 unspecified atom stereocenters. The number of thiazole rings is 1. The molecule has 1 aliphatic heterocycles. The van der Waals surface area contributed by atoms with Gasteiger partial charge in [0.1, 0.15) is 4.70 Å². The smallest absolute Gasteiger partial charge is 0.264 e. The number of hydrogen-bond acceptors (Lipinski definition) is 8. The Morgan fingerprint density at radius 3 is 2.44 bits per heavy atom. The van der Waals surface area contributed by atoms with Crippen molar-refractivity contribution in [1.29, 1.82) is 0 Å². The van der Waals surface area contributed by atoms with Gasteiger partial charge in [0.15, 0.2) is 5.75 Å². The molecule has 9 nitrogen and oxygen atoms in total. The fourth-order valence-corrected chi connectivity index (χ4v) is 8.25. The number of ether oxygens (including phenoxy) is 1. The maximum Gasteiger partial charge on any atom is 0.264 e. The van der Waals surface area contributed by atoms with Crippen molar-refractivity contribution in [2.75, 3.05) is 28.6 Å². The Labute approximate surface area is 330 Å². The molecule has 0 saturated carbocycles. The van der Waals surface area contributed by atoms with Crippen LogP contribution in [0.15, 0.2) is 109 Å². The average Bonchev–Trinajstić information content (AvgIpc) is 3.66. The Morgan fingerprint density at radius 2 is 1.74 bits per heavy atom. The molecular weight excluding hydrogens is 764 g/mol. The van der Waals surface area contributed by atoms with E-state index in [9.17, 15) is 17.8 Å². The van der Waals surface area contributed by atoms with E-state index in [4.69, 9.17) is 27.9 Å². The molecule has 13 heteroatoms. The van der Waals surface area contributed by atoms with Crippen LogP contribution in [-0.4, -0.2) is 43.8 Å². The molecule has 1 amide bonds. The van der Waals surface area contributed by atoms with Gasteiger partial charge in [-0.15, -0.1) is 0 Å². The largest absolute Gasteiger partial charge is 0.748 e. The van der Waals surface area contributed by atoms with Gasteiger partial charge in [-0.3, -0.25) is 4.79 Å². The standard InChI is InChI=1S/C41H42Cl2N4O5S2/c1-4-29(23-40-46(20-8-22-54(49,50)51)35-25-31(11-17-37(35)52-40)30-9-6-5-7-10-30)24-41-47(36-26-33(43)14-18-38(36)53-41)27-44-39(48)19-21-45(28(2)3)34-15-12-32(42)13-16-34/h5-7,9-18,23-26,28H,4,8,19-22,27H2,1-3H3,(H-,44,48,49,50,51). The minimum atomic E-state index is -4.38. The van der Waals surface area contributed by atoms with E-state index in [1.54, 1.807) is 11.3 Å². The third-order valence-corrected chi connectivity index (χ3v) is 11.5. The van der Waals surface area contributed by atoms with Crippen LogP contribution in [0.25, 0.3) is 27.4 Å². The Bertz CT molecular complexity index is 2290. The number of amides is 1. The van der Waals surface area contributed by atoms with E-state index >= 15 is 0 Å². The van der Waals surface area contributed by atoms with Crippen LogP contribution in [0.2, 0.25) is 10.0 Å². The fourth-order valence-electron chi connectivity index (χ4n) is 6.35. The number of benzene rings is 4. The highest BCUT2D eigenvalue weighted by Crippen LogP contribution is 2.42. The molecule has 0 fully saturated rings. The number of aromatic nitrogens is 1. The van der Waals surface area contributed by atoms with Crippen LogP contribution in [0.4, 0.5) is 11.4 Å². The second kappa shape index (κ2) is 17.4. The number of nitrogens with zero attached hydrogens (tertiary/aromatic N) is 3. The number of rotatable bonds is 15. The molecular formula is C41H42Cl2N4O5S2. The summed E-state index contributed by atoms with van der Waals surface area (Å²) in [7, 11) is -4.38. The molecule has 2 heterocycles. The van der Waals surface area contributed by atoms with Crippen LogP contribution >= 0.6 is 34.5 Å². The van der Waals surface area contributed by atoms with Crippen molar-refractivity contribution in [3.05, 3.63) is 124 Å². The lowest BCUT2D eigenvalue weighted by atomic mass is 10.0. The van der Waals surface area contributed by atoms with Crippen molar-refractivity contribution < 1.29 is 27.1 Å². The highest BCUT2D eigenvalue weighted by molar-refractivity contribution is 7.85. The molecule has 0 aliphatic carbocycles. The van der Waals surface area contributed by atoms with Gasteiger partial charge in [-0.1, -0.05) is 77.9 Å². The second-order valence-electron chi connectivity index (χ2n) is 13.2. The van der Waals surface area contributed by atoms with E-state index in [-0.39, 0.29) is 31.6 Å². The van der Waals surface area contributed by atoms with E-state index in [0.717, 1.165) is 43.3 Å². The summed E-state index contributed by atoms with van der Waals surface area (Å²) in [5, 5.41) is 5.27. The van der Waals surface area contributed by atoms with Gasteiger partial charge < -0.3 is 24.4 Å². The number of fused-ring (bicyclic) bond motifs is 2. The zero-order valence-corrected chi connectivity index (χ0v) is 33.4. The van der Waals surface area contributed by atoms with Gasteiger partial charge in [-0.2, -0.15) is 4.57 Å². The fraction of sp³-hybridized carbons (Fsp3) is 0.268. The van der Waals surface area contributed by atoms with Crippen molar-refractivity contribution in [1.82, 2.24) is 5.32 Å². The normalized spacial score (nSPS) is 13.8. The van der Waals surface area contributed by atoms with Gasteiger partial charge in [-0.25, -0.2) is 8.42 Å². The van der Waals surface area contributed by atoms with E-state index in [2.05, 4.69) is 30.1 Å². The molecule has 1 aliphatic rings. The van der Waals surface area contributed by atoms with Gasteiger partial charge >= 0.3 is 0 Å². The number of halogens is 2. The third kappa shape index (κ3) is 9.82.